The predicted molar refractivity (Wildman–Crippen MR) is 78.7 cm³/mol. The van der Waals surface area contributed by atoms with Crippen LogP contribution in [0.25, 0.3) is 0 Å². The average molecular weight is 265 g/mol. The van der Waals surface area contributed by atoms with Gasteiger partial charge in [0.1, 0.15) is 0 Å². The fraction of sp³-hybridized carbons (Fsp3) is 0.500. The van der Waals surface area contributed by atoms with Crippen LogP contribution in [0.5, 0.6) is 0 Å². The van der Waals surface area contributed by atoms with E-state index in [0.717, 1.165) is 32.6 Å². The Kier molecular flexibility index (Phi) is 6.15. The van der Waals surface area contributed by atoms with Gasteiger partial charge < -0.3 is 21.1 Å². The number of nitrogens with one attached hydrogen (secondary N) is 1. The number of carboxylic acid groups (broad SMARTS) is 1. The zero-order valence-electron chi connectivity index (χ0n) is 11.6. The fourth-order valence-electron chi connectivity index (χ4n) is 2.00. The van der Waals surface area contributed by atoms with Crippen LogP contribution in [-0.2, 0) is 0 Å². The summed E-state index contributed by atoms with van der Waals surface area (Å²) in [6, 6.07) is 5.02. The molecule has 0 aliphatic carbocycles. The summed E-state index contributed by atoms with van der Waals surface area (Å²) in [4.78, 5) is 13.3. The third kappa shape index (κ3) is 4.44. The number of aromatic carboxylic acids is 1. The van der Waals surface area contributed by atoms with Crippen LogP contribution in [0.1, 0.15) is 30.6 Å². The molecule has 5 nitrogen and oxygen atoms in total. The highest BCUT2D eigenvalue weighted by Crippen LogP contribution is 2.22. The zero-order chi connectivity index (χ0) is 14.3. The molecule has 0 spiro atoms. The van der Waals surface area contributed by atoms with Crippen LogP contribution in [0.2, 0.25) is 0 Å². The number of benzene rings is 1. The molecule has 0 aliphatic rings. The highest BCUT2D eigenvalue weighted by molar-refractivity contribution is 5.97. The van der Waals surface area contributed by atoms with E-state index in [1.54, 1.807) is 12.1 Å². The number of hydrogen-bond acceptors (Lipinski definition) is 4. The maximum absolute atomic E-state index is 11.0. The van der Waals surface area contributed by atoms with Gasteiger partial charge in [0.05, 0.1) is 16.9 Å². The lowest BCUT2D eigenvalue weighted by atomic mass is 10.1. The third-order valence-corrected chi connectivity index (χ3v) is 3.07. The molecule has 0 amide bonds. The number of anilines is 2. The number of hydrogen-bond donors (Lipinski definition) is 3. The van der Waals surface area contributed by atoms with Gasteiger partial charge in [-0.25, -0.2) is 4.79 Å². The molecule has 1 aromatic rings. The first-order valence-corrected chi connectivity index (χ1v) is 6.68. The van der Waals surface area contributed by atoms with Crippen LogP contribution < -0.4 is 11.1 Å². The third-order valence-electron chi connectivity index (χ3n) is 3.07. The van der Waals surface area contributed by atoms with E-state index in [-0.39, 0.29) is 5.56 Å². The van der Waals surface area contributed by atoms with Crippen molar-refractivity contribution in [1.82, 2.24) is 4.90 Å². The van der Waals surface area contributed by atoms with Gasteiger partial charge in [-0.1, -0.05) is 19.9 Å². The number of nitrogens with zero attached hydrogens (tertiary/aromatic N) is 1. The van der Waals surface area contributed by atoms with E-state index in [1.807, 2.05) is 0 Å². The second-order valence-electron chi connectivity index (χ2n) is 4.43. The highest BCUT2D eigenvalue weighted by Gasteiger charge is 2.10. The van der Waals surface area contributed by atoms with Crippen molar-refractivity contribution in [3.63, 3.8) is 0 Å². The number of carboxylic acids is 1. The molecule has 0 heterocycles. The van der Waals surface area contributed by atoms with E-state index < -0.39 is 5.97 Å². The normalized spacial score (nSPS) is 10.7. The predicted octanol–water partition coefficient (Wildman–Crippen LogP) is 2.11. The topological polar surface area (TPSA) is 78.6 Å². The minimum atomic E-state index is -0.998. The van der Waals surface area contributed by atoms with E-state index in [4.69, 9.17) is 10.8 Å². The molecule has 19 heavy (non-hydrogen) atoms. The van der Waals surface area contributed by atoms with Gasteiger partial charge in [0.15, 0.2) is 0 Å². The van der Waals surface area contributed by atoms with Crippen LogP contribution >= 0.6 is 0 Å². The van der Waals surface area contributed by atoms with Crippen LogP contribution in [0, 0.1) is 0 Å². The highest BCUT2D eigenvalue weighted by atomic mass is 16.4. The van der Waals surface area contributed by atoms with Crippen molar-refractivity contribution >= 4 is 17.3 Å². The molecule has 0 saturated heterocycles. The van der Waals surface area contributed by atoms with Crippen LogP contribution in [0.3, 0.4) is 0 Å². The lowest BCUT2D eigenvalue weighted by Gasteiger charge is -2.20. The quantitative estimate of drug-likeness (QED) is 0.627. The Hall–Kier alpha value is -1.75. The van der Waals surface area contributed by atoms with E-state index >= 15 is 0 Å². The Balaban J connectivity index is 2.58. The Morgan fingerprint density at radius 2 is 2.11 bits per heavy atom. The first-order chi connectivity index (χ1) is 9.10. The largest absolute Gasteiger partial charge is 0.478 e. The lowest BCUT2D eigenvalue weighted by molar-refractivity contribution is 0.0698. The van der Waals surface area contributed by atoms with E-state index in [2.05, 4.69) is 24.1 Å². The average Bonchev–Trinajstić information content (AvgIpc) is 2.39. The molecular weight excluding hydrogens is 242 g/mol. The minimum Gasteiger partial charge on any atom is -0.478 e. The minimum absolute atomic E-state index is 0.144. The van der Waals surface area contributed by atoms with Gasteiger partial charge in [-0.3, -0.25) is 0 Å². The molecule has 0 aromatic heterocycles. The molecule has 1 aromatic carbocycles. The number of para-hydroxylation sites is 1. The first kappa shape index (κ1) is 15.3. The smallest absolute Gasteiger partial charge is 0.337 e. The molecule has 0 saturated carbocycles. The van der Waals surface area contributed by atoms with E-state index in [1.165, 1.54) is 6.07 Å². The van der Waals surface area contributed by atoms with Crippen LogP contribution in [0.4, 0.5) is 11.4 Å². The van der Waals surface area contributed by atoms with E-state index in [9.17, 15) is 4.79 Å². The number of nitrogens with two attached hydrogens (primary N) is 1. The monoisotopic (exact) mass is 265 g/mol. The molecule has 0 bridgehead atoms. The Labute approximate surface area is 114 Å². The number of nitrogen functional groups attached to an aromatic ring is 1. The second kappa shape index (κ2) is 7.63. The number of likely N-dealkylation sites (N-methyl/N-ethyl adjacent to an activating group) is 1. The van der Waals surface area contributed by atoms with Gasteiger partial charge in [-0.2, -0.15) is 0 Å². The lowest BCUT2D eigenvalue weighted by Crippen LogP contribution is -2.29. The van der Waals surface area contributed by atoms with Crippen LogP contribution in [-0.4, -0.2) is 42.2 Å². The molecule has 0 atom stereocenters. The molecular formula is C14H23N3O2. The summed E-state index contributed by atoms with van der Waals surface area (Å²) in [5.41, 5.74) is 6.97. The van der Waals surface area contributed by atoms with Crippen molar-refractivity contribution in [1.29, 1.82) is 0 Å². The van der Waals surface area contributed by atoms with Gasteiger partial charge in [0, 0.05) is 13.1 Å². The Morgan fingerprint density at radius 1 is 1.37 bits per heavy atom. The maximum Gasteiger partial charge on any atom is 0.337 e. The summed E-state index contributed by atoms with van der Waals surface area (Å²) in [7, 11) is 0. The van der Waals surface area contributed by atoms with Gasteiger partial charge in [-0.15, -0.1) is 0 Å². The number of rotatable bonds is 8. The van der Waals surface area contributed by atoms with Gasteiger partial charge in [0.25, 0.3) is 0 Å². The Bertz CT molecular complexity index is 421. The van der Waals surface area contributed by atoms with Crippen molar-refractivity contribution in [3.05, 3.63) is 23.8 Å². The van der Waals surface area contributed by atoms with E-state index in [0.29, 0.717) is 11.4 Å². The van der Waals surface area contributed by atoms with Gasteiger partial charge in [0.2, 0.25) is 0 Å². The van der Waals surface area contributed by atoms with Gasteiger partial charge >= 0.3 is 5.97 Å². The number of carbonyl (C=O) groups is 1. The molecule has 4 N–H and O–H groups in total. The Morgan fingerprint density at radius 3 is 2.68 bits per heavy atom. The zero-order valence-corrected chi connectivity index (χ0v) is 11.6. The summed E-state index contributed by atoms with van der Waals surface area (Å²) >= 11 is 0. The maximum atomic E-state index is 11.0. The summed E-state index contributed by atoms with van der Waals surface area (Å²) in [5, 5.41) is 12.2. The molecule has 0 radical (unpaired) electrons. The summed E-state index contributed by atoms with van der Waals surface area (Å²) in [6.07, 6.45) is 1.13. The summed E-state index contributed by atoms with van der Waals surface area (Å²) in [5.74, 6) is -0.998. The first-order valence-electron chi connectivity index (χ1n) is 6.68. The molecule has 0 unspecified atom stereocenters. The molecule has 0 fully saturated rings. The van der Waals surface area contributed by atoms with Crippen molar-refractivity contribution < 1.29 is 9.90 Å². The molecule has 0 aliphatic heterocycles. The molecule has 5 heteroatoms. The second-order valence-corrected chi connectivity index (χ2v) is 4.43. The summed E-state index contributed by atoms with van der Waals surface area (Å²) in [6.45, 7) is 8.05. The molecule has 1 rings (SSSR count). The van der Waals surface area contributed by atoms with Crippen molar-refractivity contribution in [2.45, 2.75) is 20.3 Å². The van der Waals surface area contributed by atoms with Crippen molar-refractivity contribution in [2.24, 2.45) is 0 Å². The molecule has 106 valence electrons. The van der Waals surface area contributed by atoms with Gasteiger partial charge in [-0.05, 0) is 31.6 Å². The van der Waals surface area contributed by atoms with Crippen molar-refractivity contribution in [2.75, 3.05) is 37.2 Å². The van der Waals surface area contributed by atoms with Crippen LogP contribution in [0.15, 0.2) is 18.2 Å². The fourth-order valence-corrected chi connectivity index (χ4v) is 2.00. The SMILES string of the molecule is CCCN(CC)CCNc1cccc(C(=O)O)c1N. The standard InChI is InChI=1S/C14H23N3O2/c1-3-9-17(4-2)10-8-16-12-7-5-6-11(13(12)15)14(18)19/h5-7,16H,3-4,8-10,15H2,1-2H3,(H,18,19). The van der Waals surface area contributed by atoms with Crippen molar-refractivity contribution in [3.8, 4) is 0 Å². The summed E-state index contributed by atoms with van der Waals surface area (Å²) < 4.78 is 0.